The van der Waals surface area contributed by atoms with Crippen molar-refractivity contribution in [3.63, 3.8) is 0 Å². The number of aromatic nitrogens is 2. The number of carbonyl (C=O) groups is 1. The lowest BCUT2D eigenvalue weighted by atomic mass is 9.99. The van der Waals surface area contributed by atoms with Crippen LogP contribution in [0.3, 0.4) is 0 Å². The van der Waals surface area contributed by atoms with Gasteiger partial charge in [-0.15, -0.1) is 0 Å². The summed E-state index contributed by atoms with van der Waals surface area (Å²) in [4.78, 5) is 18.2. The van der Waals surface area contributed by atoms with Gasteiger partial charge in [0.15, 0.2) is 5.82 Å². The van der Waals surface area contributed by atoms with E-state index >= 15 is 0 Å². The highest BCUT2D eigenvalue weighted by Gasteiger charge is 2.31. The molecule has 0 N–H and O–H groups in total. The number of likely N-dealkylation sites (tertiary alicyclic amines) is 1. The predicted octanol–water partition coefficient (Wildman–Crippen LogP) is 1.89. The first-order valence-corrected chi connectivity index (χ1v) is 6.81. The van der Waals surface area contributed by atoms with E-state index in [2.05, 4.69) is 15.0 Å². The molecule has 1 aliphatic carbocycles. The maximum atomic E-state index is 11.6. The Balaban J connectivity index is 1.67. The molecule has 5 heteroatoms. The van der Waals surface area contributed by atoms with Crippen molar-refractivity contribution in [2.75, 3.05) is 6.54 Å². The van der Waals surface area contributed by atoms with E-state index in [1.807, 2.05) is 0 Å². The summed E-state index contributed by atoms with van der Waals surface area (Å²) in [6.45, 7) is 3.24. The average Bonchev–Trinajstić information content (AvgIpc) is 3.11. The normalized spacial score (nSPS) is 25.3. The molecule has 98 valence electrons. The largest absolute Gasteiger partial charge is 0.338 e. The van der Waals surface area contributed by atoms with Crippen LogP contribution in [0.25, 0.3) is 0 Å². The van der Waals surface area contributed by atoms with Crippen LogP contribution < -0.4 is 0 Å². The molecule has 2 fully saturated rings. The van der Waals surface area contributed by atoms with Gasteiger partial charge in [0.25, 0.3) is 0 Å². The van der Waals surface area contributed by atoms with Crippen LogP contribution >= 0.6 is 0 Å². The average molecular weight is 249 g/mol. The van der Waals surface area contributed by atoms with Gasteiger partial charge in [-0.3, -0.25) is 9.69 Å². The molecule has 1 saturated carbocycles. The lowest BCUT2D eigenvalue weighted by Gasteiger charge is -2.32. The van der Waals surface area contributed by atoms with Crippen LogP contribution in [0.1, 0.15) is 56.7 Å². The number of nitrogens with zero attached hydrogens (tertiary/aromatic N) is 3. The van der Waals surface area contributed by atoms with Crippen molar-refractivity contribution in [3.05, 3.63) is 11.7 Å². The highest BCUT2D eigenvalue weighted by atomic mass is 16.5. The molecule has 1 aliphatic heterocycles. The molecule has 0 spiro atoms. The Morgan fingerprint density at radius 2 is 2.22 bits per heavy atom. The smallest absolute Gasteiger partial charge is 0.240 e. The van der Waals surface area contributed by atoms with Crippen LogP contribution in [-0.2, 0) is 11.3 Å². The van der Waals surface area contributed by atoms with E-state index in [4.69, 9.17) is 4.52 Å². The topological polar surface area (TPSA) is 59.2 Å². The Morgan fingerprint density at radius 1 is 1.39 bits per heavy atom. The molecule has 18 heavy (non-hydrogen) atoms. The summed E-state index contributed by atoms with van der Waals surface area (Å²) in [6, 6.07) is 0.0371. The third-order valence-corrected chi connectivity index (χ3v) is 3.85. The summed E-state index contributed by atoms with van der Waals surface area (Å²) < 4.78 is 5.28. The SMILES string of the molecule is CC(=O)C1CCCCN1Cc1nc(C2CC2)no1. The molecule has 3 rings (SSSR count). The first-order chi connectivity index (χ1) is 8.74. The number of hydrogen-bond donors (Lipinski definition) is 0. The lowest BCUT2D eigenvalue weighted by molar-refractivity contribution is -0.123. The van der Waals surface area contributed by atoms with E-state index in [0.717, 1.165) is 31.6 Å². The fourth-order valence-corrected chi connectivity index (χ4v) is 2.65. The predicted molar refractivity (Wildman–Crippen MR) is 65.0 cm³/mol. The Hall–Kier alpha value is -1.23. The van der Waals surface area contributed by atoms with Crippen LogP contribution in [0.15, 0.2) is 4.52 Å². The summed E-state index contributed by atoms with van der Waals surface area (Å²) in [5, 5.41) is 4.02. The van der Waals surface area contributed by atoms with E-state index < -0.39 is 0 Å². The van der Waals surface area contributed by atoms with Crippen LogP contribution in [0.5, 0.6) is 0 Å². The monoisotopic (exact) mass is 249 g/mol. The zero-order chi connectivity index (χ0) is 12.5. The van der Waals surface area contributed by atoms with E-state index in [0.29, 0.717) is 18.4 Å². The second-order valence-corrected chi connectivity index (χ2v) is 5.41. The van der Waals surface area contributed by atoms with Gasteiger partial charge in [-0.1, -0.05) is 11.6 Å². The number of hydrogen-bond acceptors (Lipinski definition) is 5. The van der Waals surface area contributed by atoms with Gasteiger partial charge in [0, 0.05) is 5.92 Å². The maximum absolute atomic E-state index is 11.6. The third-order valence-electron chi connectivity index (χ3n) is 3.85. The molecule has 2 heterocycles. The molecule has 5 nitrogen and oxygen atoms in total. The molecule has 0 amide bonds. The minimum absolute atomic E-state index is 0.0371. The molecule has 2 aliphatic rings. The molecule has 1 atom stereocenters. The van der Waals surface area contributed by atoms with Crippen molar-refractivity contribution >= 4 is 5.78 Å². The second kappa shape index (κ2) is 4.80. The van der Waals surface area contributed by atoms with E-state index in [1.165, 1.54) is 12.8 Å². The van der Waals surface area contributed by atoms with Gasteiger partial charge in [-0.05, 0) is 39.2 Å². The molecule has 1 saturated heterocycles. The summed E-state index contributed by atoms with van der Waals surface area (Å²) in [5.74, 6) is 2.27. The van der Waals surface area contributed by atoms with Crippen molar-refractivity contribution in [2.24, 2.45) is 0 Å². The molecular weight excluding hydrogens is 230 g/mol. The second-order valence-electron chi connectivity index (χ2n) is 5.41. The van der Waals surface area contributed by atoms with E-state index in [1.54, 1.807) is 6.92 Å². The molecule has 1 aromatic rings. The number of Topliss-reactive ketones (excluding diaryl/α,β-unsaturated/α-hetero) is 1. The van der Waals surface area contributed by atoms with Gasteiger partial charge < -0.3 is 4.52 Å². The van der Waals surface area contributed by atoms with E-state index in [9.17, 15) is 4.79 Å². The summed E-state index contributed by atoms with van der Waals surface area (Å²) >= 11 is 0. The third kappa shape index (κ3) is 2.46. The highest BCUT2D eigenvalue weighted by Crippen LogP contribution is 2.38. The lowest BCUT2D eigenvalue weighted by Crippen LogP contribution is -2.43. The van der Waals surface area contributed by atoms with E-state index in [-0.39, 0.29) is 11.8 Å². The Morgan fingerprint density at radius 3 is 2.94 bits per heavy atom. The van der Waals surface area contributed by atoms with Crippen molar-refractivity contribution in [2.45, 2.75) is 57.5 Å². The maximum Gasteiger partial charge on any atom is 0.240 e. The first kappa shape index (κ1) is 11.8. The zero-order valence-electron chi connectivity index (χ0n) is 10.8. The van der Waals surface area contributed by atoms with Crippen LogP contribution in [0.4, 0.5) is 0 Å². The molecule has 1 aromatic heterocycles. The van der Waals surface area contributed by atoms with Crippen LogP contribution in [0.2, 0.25) is 0 Å². The van der Waals surface area contributed by atoms with Crippen molar-refractivity contribution in [3.8, 4) is 0 Å². The van der Waals surface area contributed by atoms with Gasteiger partial charge in [0.05, 0.1) is 12.6 Å². The molecule has 0 aromatic carbocycles. The van der Waals surface area contributed by atoms with Crippen molar-refractivity contribution in [1.29, 1.82) is 0 Å². The molecular formula is C13H19N3O2. The van der Waals surface area contributed by atoms with Crippen molar-refractivity contribution < 1.29 is 9.32 Å². The van der Waals surface area contributed by atoms with Crippen LogP contribution in [0, 0.1) is 0 Å². The number of piperidine rings is 1. The fraction of sp³-hybridized carbons (Fsp3) is 0.769. The van der Waals surface area contributed by atoms with Gasteiger partial charge in [-0.2, -0.15) is 4.98 Å². The highest BCUT2D eigenvalue weighted by molar-refractivity contribution is 5.81. The first-order valence-electron chi connectivity index (χ1n) is 6.81. The minimum atomic E-state index is 0.0371. The summed E-state index contributed by atoms with van der Waals surface area (Å²) in [5.41, 5.74) is 0. The van der Waals surface area contributed by atoms with Gasteiger partial charge in [0.1, 0.15) is 5.78 Å². The van der Waals surface area contributed by atoms with Gasteiger partial charge in [-0.25, -0.2) is 0 Å². The van der Waals surface area contributed by atoms with Gasteiger partial charge >= 0.3 is 0 Å². The zero-order valence-corrected chi connectivity index (χ0v) is 10.8. The quantitative estimate of drug-likeness (QED) is 0.815. The Kier molecular flexibility index (Phi) is 3.16. The molecule has 0 radical (unpaired) electrons. The van der Waals surface area contributed by atoms with Crippen molar-refractivity contribution in [1.82, 2.24) is 15.0 Å². The standard InChI is InChI=1S/C13H19N3O2/c1-9(17)11-4-2-3-7-16(11)8-12-14-13(15-18-12)10-5-6-10/h10-11H,2-8H2,1H3. The van der Waals surface area contributed by atoms with Crippen LogP contribution in [-0.4, -0.2) is 33.4 Å². The summed E-state index contributed by atoms with van der Waals surface area (Å²) in [6.07, 6.45) is 5.60. The Bertz CT molecular complexity index is 439. The minimum Gasteiger partial charge on any atom is -0.338 e. The molecule has 0 bridgehead atoms. The fourth-order valence-electron chi connectivity index (χ4n) is 2.65. The molecule has 1 unspecified atom stereocenters. The summed E-state index contributed by atoms with van der Waals surface area (Å²) in [7, 11) is 0. The van der Waals surface area contributed by atoms with Gasteiger partial charge in [0.2, 0.25) is 5.89 Å². The Labute approximate surface area is 107 Å². The number of carbonyl (C=O) groups excluding carboxylic acids is 1. The number of ketones is 1. The number of rotatable bonds is 4.